The lowest BCUT2D eigenvalue weighted by Gasteiger charge is -2.49. The lowest BCUT2D eigenvalue weighted by Crippen LogP contribution is -2.38. The van der Waals surface area contributed by atoms with Crippen LogP contribution in [0.4, 0.5) is 52.7 Å². The molecule has 0 aromatic rings. The minimum atomic E-state index is -5.84. The summed E-state index contributed by atoms with van der Waals surface area (Å²) >= 11 is 0. The highest BCUT2D eigenvalue weighted by atomic mass is 32.2. The van der Waals surface area contributed by atoms with Gasteiger partial charge in [0.15, 0.2) is 0 Å². The number of alkyl halides is 12. The molecule has 12 nitrogen and oxygen atoms in total. The Morgan fingerprint density at radius 2 is 0.405 bits per heavy atom. The van der Waals surface area contributed by atoms with Gasteiger partial charge in [-0.2, -0.15) is 86.4 Å². The molecule has 4 fully saturated rings. The van der Waals surface area contributed by atoms with Crippen LogP contribution in [0, 0.1) is 23.7 Å². The van der Waals surface area contributed by atoms with Crippen molar-refractivity contribution in [3.05, 3.63) is 0 Å². The van der Waals surface area contributed by atoms with Crippen molar-refractivity contribution in [1.82, 2.24) is 0 Å². The van der Waals surface area contributed by atoms with Crippen LogP contribution in [0.25, 0.3) is 0 Å². The summed E-state index contributed by atoms with van der Waals surface area (Å²) in [6.45, 7) is 0. The first kappa shape index (κ1) is 42.9. The summed E-state index contributed by atoms with van der Waals surface area (Å²) in [4.78, 5) is 0. The lowest BCUT2D eigenvalue weighted by molar-refractivity contribution is -0.0514. The van der Waals surface area contributed by atoms with Gasteiger partial charge in [0.25, 0.3) is 0 Å². The number of halogens is 12. The maximum Gasteiger partial charge on any atom is 0.522 e. The maximum atomic E-state index is 10.7. The second-order valence-corrected chi connectivity index (χ2v) is 14.2. The molecule has 0 aromatic carbocycles. The highest BCUT2D eigenvalue weighted by molar-refractivity contribution is 7.87. The minimum absolute atomic E-state index is 1.18. The van der Waals surface area contributed by atoms with E-state index in [0.717, 1.165) is 0 Å². The van der Waals surface area contributed by atoms with Crippen molar-refractivity contribution in [2.24, 2.45) is 23.7 Å². The molecule has 0 atom stereocenters. The predicted molar refractivity (Wildman–Crippen MR) is 112 cm³/mol. The van der Waals surface area contributed by atoms with E-state index in [0.29, 0.717) is 0 Å². The molecule has 0 amide bonds. The van der Waals surface area contributed by atoms with E-state index in [-0.39, 0.29) is 0 Å². The molecule has 4 bridgehead atoms. The van der Waals surface area contributed by atoms with Crippen LogP contribution in [-0.2, 0) is 40.5 Å². The highest BCUT2D eigenvalue weighted by Crippen LogP contribution is 2.53. The molecular formula is C14H20F12O12S4. The summed E-state index contributed by atoms with van der Waals surface area (Å²) in [6.07, 6.45) is 9.62. The zero-order chi connectivity index (χ0) is 34.6. The Balaban J connectivity index is 0. The third kappa shape index (κ3) is 16.0. The molecule has 0 spiro atoms. The van der Waals surface area contributed by atoms with Crippen molar-refractivity contribution in [3.8, 4) is 0 Å². The Morgan fingerprint density at radius 1 is 0.333 bits per heavy atom. The number of rotatable bonds is 0. The topological polar surface area (TPSA) is 217 Å². The Kier molecular flexibility index (Phi) is 14.6. The molecular weight excluding hydrogens is 716 g/mol. The molecule has 256 valence electrons. The molecule has 4 aliphatic carbocycles. The van der Waals surface area contributed by atoms with Crippen molar-refractivity contribution in [2.45, 2.75) is 60.6 Å². The van der Waals surface area contributed by atoms with Crippen molar-refractivity contribution in [2.75, 3.05) is 0 Å². The minimum Gasteiger partial charge on any atom is -0.279 e. The average Bonchev–Trinajstić information content (AvgIpc) is 2.62. The van der Waals surface area contributed by atoms with E-state index in [2.05, 4.69) is 0 Å². The smallest absolute Gasteiger partial charge is 0.279 e. The largest absolute Gasteiger partial charge is 0.522 e. The van der Waals surface area contributed by atoms with E-state index < -0.39 is 62.5 Å². The van der Waals surface area contributed by atoms with E-state index >= 15 is 0 Å². The van der Waals surface area contributed by atoms with Gasteiger partial charge >= 0.3 is 62.5 Å². The molecule has 4 aliphatic rings. The number of hydrogen-bond donors (Lipinski definition) is 4. The SMILES string of the molecule is C1C2CC3CC1CC(C2)C3.O=S(=O)(O)C(F)(F)F.O=S(=O)(O)C(F)(F)F.O=S(=O)(O)C(F)(F)F.O=S(=O)(O)C(F)(F)F. The summed E-state index contributed by atoms with van der Waals surface area (Å²) in [6, 6.07) is 0. The van der Waals surface area contributed by atoms with Gasteiger partial charge in [-0.05, 0) is 62.2 Å². The normalized spacial score (nSPS) is 24.4. The predicted octanol–water partition coefficient (Wildman–Crippen LogP) is 4.41. The van der Waals surface area contributed by atoms with Crippen LogP contribution >= 0.6 is 0 Å². The van der Waals surface area contributed by atoms with Gasteiger partial charge < -0.3 is 0 Å². The standard InChI is InChI=1S/C10H16.4CHF3O3S/c1-7-2-9-4-8(1)5-10(3-7)6-9;4*2-1(3,4)8(5,6)7/h7-10H,1-6H2;4*(H,5,6,7). The van der Waals surface area contributed by atoms with Gasteiger partial charge in [-0.3, -0.25) is 18.2 Å². The van der Waals surface area contributed by atoms with Crippen molar-refractivity contribution in [3.63, 3.8) is 0 Å². The van der Waals surface area contributed by atoms with Crippen molar-refractivity contribution < 1.29 is 105 Å². The molecule has 0 aromatic heterocycles. The van der Waals surface area contributed by atoms with Crippen LogP contribution in [0.15, 0.2) is 0 Å². The number of hydrogen-bond acceptors (Lipinski definition) is 8. The lowest BCUT2D eigenvalue weighted by atomic mass is 9.56. The van der Waals surface area contributed by atoms with Gasteiger partial charge in [-0.15, -0.1) is 0 Å². The monoisotopic (exact) mass is 736 g/mol. The van der Waals surface area contributed by atoms with Crippen molar-refractivity contribution >= 4 is 40.5 Å². The van der Waals surface area contributed by atoms with Gasteiger partial charge in [0, 0.05) is 0 Å². The average molecular weight is 737 g/mol. The van der Waals surface area contributed by atoms with Crippen LogP contribution in [0.3, 0.4) is 0 Å². The maximum absolute atomic E-state index is 10.7. The van der Waals surface area contributed by atoms with Crippen LogP contribution in [0.1, 0.15) is 38.5 Å². The molecule has 0 radical (unpaired) electrons. The fraction of sp³-hybridized carbons (Fsp3) is 1.00. The second kappa shape index (κ2) is 14.3. The molecule has 0 heterocycles. The Bertz CT molecular complexity index is 1070. The quantitative estimate of drug-likeness (QED) is 0.155. The molecule has 4 saturated carbocycles. The summed E-state index contributed by atoms with van der Waals surface area (Å²) in [5.74, 6) is 4.71. The molecule has 28 heteroatoms. The van der Waals surface area contributed by atoms with Gasteiger partial charge in [-0.25, -0.2) is 0 Å². The Morgan fingerprint density at radius 3 is 0.452 bits per heavy atom. The van der Waals surface area contributed by atoms with Gasteiger partial charge in [0.2, 0.25) is 0 Å². The molecule has 4 rings (SSSR count). The summed E-state index contributed by atoms with van der Waals surface area (Å²) in [5.41, 5.74) is -22.1. The van der Waals surface area contributed by atoms with E-state index in [1.807, 2.05) is 0 Å². The second-order valence-electron chi connectivity index (χ2n) is 8.56. The molecule has 4 N–H and O–H groups in total. The fourth-order valence-corrected chi connectivity index (χ4v) is 3.98. The van der Waals surface area contributed by atoms with E-state index in [1.54, 1.807) is 38.5 Å². The molecule has 0 saturated heterocycles. The van der Waals surface area contributed by atoms with E-state index in [1.165, 1.54) is 23.7 Å². The van der Waals surface area contributed by atoms with Gasteiger partial charge in [0.05, 0.1) is 0 Å². The van der Waals surface area contributed by atoms with Crippen molar-refractivity contribution in [1.29, 1.82) is 0 Å². The van der Waals surface area contributed by atoms with Crippen LogP contribution in [0.2, 0.25) is 0 Å². The van der Waals surface area contributed by atoms with Crippen LogP contribution in [-0.4, -0.2) is 73.9 Å². The van der Waals surface area contributed by atoms with E-state index in [4.69, 9.17) is 51.9 Å². The molecule has 0 aliphatic heterocycles. The Labute approximate surface area is 229 Å². The zero-order valence-electron chi connectivity index (χ0n) is 19.8. The summed E-state index contributed by atoms with van der Waals surface area (Å²) in [7, 11) is -23.4. The highest BCUT2D eigenvalue weighted by Gasteiger charge is 2.46. The van der Waals surface area contributed by atoms with Crippen LogP contribution < -0.4 is 0 Å². The fourth-order valence-electron chi connectivity index (χ4n) is 3.98. The molecule has 42 heavy (non-hydrogen) atoms. The Hall–Kier alpha value is -1.20. The van der Waals surface area contributed by atoms with Crippen LogP contribution in [0.5, 0.6) is 0 Å². The summed E-state index contributed by atoms with van der Waals surface area (Å²) < 4.78 is 230. The third-order valence-corrected chi connectivity index (χ3v) is 7.51. The first-order chi connectivity index (χ1) is 17.9. The third-order valence-electron chi connectivity index (χ3n) is 5.17. The summed E-state index contributed by atoms with van der Waals surface area (Å²) in [5, 5.41) is 0. The zero-order valence-corrected chi connectivity index (χ0v) is 23.0. The first-order valence-corrected chi connectivity index (χ1v) is 15.8. The van der Waals surface area contributed by atoms with Gasteiger partial charge in [0.1, 0.15) is 0 Å². The molecule has 0 unspecified atom stereocenters. The van der Waals surface area contributed by atoms with E-state index in [9.17, 15) is 52.7 Å². The van der Waals surface area contributed by atoms with Gasteiger partial charge in [-0.1, -0.05) is 0 Å². The first-order valence-electron chi connectivity index (χ1n) is 10.0.